The Balaban J connectivity index is 2.63. The normalized spacial score (nSPS) is 11.8. The van der Waals surface area contributed by atoms with Gasteiger partial charge in [-0.15, -0.1) is 0 Å². The largest absolute Gasteiger partial charge is 0.417 e. The fourth-order valence-electron chi connectivity index (χ4n) is 1.40. The van der Waals surface area contributed by atoms with Crippen LogP contribution in [0.1, 0.15) is 11.1 Å². The number of aromatic nitrogens is 1. The van der Waals surface area contributed by atoms with Crippen LogP contribution in [0.4, 0.5) is 13.2 Å². The molecule has 1 heterocycles. The Hall–Kier alpha value is -1.78. The molecule has 5 heteroatoms. The maximum atomic E-state index is 12.7. The third-order valence-electron chi connectivity index (χ3n) is 2.10. The van der Waals surface area contributed by atoms with Crippen LogP contribution < -0.4 is 0 Å². The Morgan fingerprint density at radius 3 is 2.50 bits per heavy atom. The van der Waals surface area contributed by atoms with Gasteiger partial charge in [-0.3, -0.25) is 0 Å². The lowest BCUT2D eigenvalue weighted by molar-refractivity contribution is -0.137. The van der Waals surface area contributed by atoms with Crippen molar-refractivity contribution in [2.45, 2.75) is 6.18 Å². The van der Waals surface area contributed by atoms with E-state index < -0.39 is 11.7 Å². The van der Waals surface area contributed by atoms with Crippen LogP contribution in [0.15, 0.2) is 35.1 Å². The molecular formula is C11H7F3NO. The van der Waals surface area contributed by atoms with E-state index in [0.29, 0.717) is 5.56 Å². The minimum atomic E-state index is -4.41. The van der Waals surface area contributed by atoms with Crippen molar-refractivity contribution in [2.24, 2.45) is 0 Å². The van der Waals surface area contributed by atoms with Crippen LogP contribution in [-0.2, 0) is 6.18 Å². The summed E-state index contributed by atoms with van der Waals surface area (Å²) in [6, 6.07) is 5.02. The zero-order valence-corrected chi connectivity index (χ0v) is 8.08. The molecule has 1 aromatic carbocycles. The number of nitrogens with zero attached hydrogens (tertiary/aromatic N) is 1. The van der Waals surface area contributed by atoms with Crippen LogP contribution >= 0.6 is 0 Å². The van der Waals surface area contributed by atoms with Crippen LogP contribution in [0.25, 0.3) is 11.3 Å². The van der Waals surface area contributed by atoms with Gasteiger partial charge in [0.05, 0.1) is 5.56 Å². The first kappa shape index (κ1) is 10.7. The van der Waals surface area contributed by atoms with Crippen LogP contribution in [0.5, 0.6) is 0 Å². The average Bonchev–Trinajstić information content (AvgIpc) is 2.68. The first-order valence-corrected chi connectivity index (χ1v) is 4.42. The first-order chi connectivity index (χ1) is 7.48. The molecule has 0 bridgehead atoms. The molecule has 0 amide bonds. The van der Waals surface area contributed by atoms with E-state index in [1.807, 2.05) is 0 Å². The minimum Gasteiger partial charge on any atom is -0.364 e. The first-order valence-electron chi connectivity index (χ1n) is 4.42. The molecule has 83 valence electrons. The lowest BCUT2D eigenvalue weighted by atomic mass is 10.0. The second kappa shape index (κ2) is 3.66. The Kier molecular flexibility index (Phi) is 2.46. The van der Waals surface area contributed by atoms with E-state index in [9.17, 15) is 13.2 Å². The van der Waals surface area contributed by atoms with E-state index in [2.05, 4.69) is 16.6 Å². The van der Waals surface area contributed by atoms with Gasteiger partial charge in [-0.2, -0.15) is 13.2 Å². The molecule has 1 radical (unpaired) electrons. The van der Waals surface area contributed by atoms with Crippen LogP contribution in [0.2, 0.25) is 0 Å². The van der Waals surface area contributed by atoms with Crippen molar-refractivity contribution in [3.05, 3.63) is 48.6 Å². The van der Waals surface area contributed by atoms with Gasteiger partial charge in [0.1, 0.15) is 12.0 Å². The highest BCUT2D eigenvalue weighted by Gasteiger charge is 2.34. The summed E-state index contributed by atoms with van der Waals surface area (Å²) >= 11 is 0. The molecule has 2 aromatic rings. The summed E-state index contributed by atoms with van der Waals surface area (Å²) in [6.07, 6.45) is -3.19. The fraction of sp³-hybridized carbons (Fsp3) is 0.0909. The van der Waals surface area contributed by atoms with E-state index in [1.54, 1.807) is 0 Å². The molecule has 0 aliphatic rings. The molecule has 0 N–H and O–H groups in total. The van der Waals surface area contributed by atoms with Gasteiger partial charge in [0, 0.05) is 11.6 Å². The zero-order chi connectivity index (χ0) is 11.8. The fourth-order valence-corrected chi connectivity index (χ4v) is 1.40. The third kappa shape index (κ3) is 1.93. The van der Waals surface area contributed by atoms with Crippen molar-refractivity contribution in [3.63, 3.8) is 0 Å². The van der Waals surface area contributed by atoms with Gasteiger partial charge in [0.15, 0.2) is 0 Å². The lowest BCUT2D eigenvalue weighted by Gasteiger charge is -2.11. The number of hydrogen-bond acceptors (Lipinski definition) is 2. The van der Waals surface area contributed by atoms with E-state index in [0.717, 1.165) is 6.07 Å². The SMILES string of the molecule is [CH2]c1ccc(C(F)(F)F)c(-c2ccon2)c1. The molecular weight excluding hydrogens is 219 g/mol. The smallest absolute Gasteiger partial charge is 0.364 e. The summed E-state index contributed by atoms with van der Waals surface area (Å²) in [5.41, 5.74) is -0.119. The number of rotatable bonds is 1. The van der Waals surface area contributed by atoms with Gasteiger partial charge in [-0.05, 0) is 24.6 Å². The van der Waals surface area contributed by atoms with Crippen molar-refractivity contribution in [1.82, 2.24) is 5.16 Å². The zero-order valence-electron chi connectivity index (χ0n) is 8.08. The van der Waals surface area contributed by atoms with Crippen LogP contribution in [0, 0.1) is 6.92 Å². The Morgan fingerprint density at radius 1 is 1.19 bits per heavy atom. The molecule has 0 unspecified atom stereocenters. The molecule has 1 aromatic heterocycles. The summed E-state index contributed by atoms with van der Waals surface area (Å²) in [5, 5.41) is 3.50. The molecule has 2 nitrogen and oxygen atoms in total. The summed E-state index contributed by atoms with van der Waals surface area (Å²) in [6.45, 7) is 3.59. The molecule has 0 aliphatic heterocycles. The standard InChI is InChI=1S/C11H7F3NO/c1-7-2-3-9(11(12,13)14)8(6-7)10-4-5-16-15-10/h2-6H,1H2. The van der Waals surface area contributed by atoms with Gasteiger partial charge in [-0.1, -0.05) is 11.2 Å². The van der Waals surface area contributed by atoms with Crippen LogP contribution in [-0.4, -0.2) is 5.16 Å². The van der Waals surface area contributed by atoms with Gasteiger partial charge in [0.25, 0.3) is 0 Å². The molecule has 0 fully saturated rings. The van der Waals surface area contributed by atoms with Gasteiger partial charge < -0.3 is 4.52 Å². The summed E-state index contributed by atoms with van der Waals surface area (Å²) in [5.74, 6) is 0. The molecule has 2 rings (SSSR count). The topological polar surface area (TPSA) is 26.0 Å². The number of halogens is 3. The predicted molar refractivity (Wildman–Crippen MR) is 51.4 cm³/mol. The molecule has 0 spiro atoms. The van der Waals surface area contributed by atoms with E-state index in [4.69, 9.17) is 0 Å². The number of hydrogen-bond donors (Lipinski definition) is 0. The highest BCUT2D eigenvalue weighted by Crippen LogP contribution is 2.36. The molecule has 0 saturated carbocycles. The van der Waals surface area contributed by atoms with Gasteiger partial charge >= 0.3 is 6.18 Å². The predicted octanol–water partition coefficient (Wildman–Crippen LogP) is 3.54. The van der Waals surface area contributed by atoms with E-state index in [-0.39, 0.29) is 11.3 Å². The summed E-state index contributed by atoms with van der Waals surface area (Å²) in [4.78, 5) is 0. The lowest BCUT2D eigenvalue weighted by Crippen LogP contribution is -2.07. The van der Waals surface area contributed by atoms with Crippen molar-refractivity contribution in [2.75, 3.05) is 0 Å². The summed E-state index contributed by atoms with van der Waals surface area (Å²) in [7, 11) is 0. The Morgan fingerprint density at radius 2 is 1.94 bits per heavy atom. The monoisotopic (exact) mass is 226 g/mol. The molecule has 0 aliphatic carbocycles. The Bertz CT molecular complexity index is 488. The Labute approximate surface area is 89.7 Å². The van der Waals surface area contributed by atoms with Crippen molar-refractivity contribution in [3.8, 4) is 11.3 Å². The number of alkyl halides is 3. The second-order valence-corrected chi connectivity index (χ2v) is 3.26. The maximum Gasteiger partial charge on any atom is 0.417 e. The van der Waals surface area contributed by atoms with Crippen molar-refractivity contribution < 1.29 is 17.7 Å². The van der Waals surface area contributed by atoms with E-state index >= 15 is 0 Å². The molecule has 16 heavy (non-hydrogen) atoms. The van der Waals surface area contributed by atoms with Crippen LogP contribution in [0.3, 0.4) is 0 Å². The minimum absolute atomic E-state index is 0.0197. The molecule has 0 atom stereocenters. The van der Waals surface area contributed by atoms with Crippen molar-refractivity contribution >= 4 is 0 Å². The highest BCUT2D eigenvalue weighted by molar-refractivity contribution is 5.65. The summed E-state index contributed by atoms with van der Waals surface area (Å²) < 4.78 is 42.6. The van der Waals surface area contributed by atoms with Gasteiger partial charge in [-0.25, -0.2) is 0 Å². The van der Waals surface area contributed by atoms with E-state index in [1.165, 1.54) is 24.5 Å². The number of benzene rings is 1. The third-order valence-corrected chi connectivity index (χ3v) is 2.10. The average molecular weight is 226 g/mol. The highest BCUT2D eigenvalue weighted by atomic mass is 19.4. The van der Waals surface area contributed by atoms with Gasteiger partial charge in [0.2, 0.25) is 0 Å². The quantitative estimate of drug-likeness (QED) is 0.743. The maximum absolute atomic E-state index is 12.7. The van der Waals surface area contributed by atoms with Crippen molar-refractivity contribution in [1.29, 1.82) is 0 Å². The second-order valence-electron chi connectivity index (χ2n) is 3.26. The molecule has 0 saturated heterocycles.